The molecule has 0 bridgehead atoms. The van der Waals surface area contributed by atoms with Crippen LogP contribution in [0.2, 0.25) is 0 Å². The smallest absolute Gasteiger partial charge is 0.337 e. The van der Waals surface area contributed by atoms with Gasteiger partial charge in [-0.1, -0.05) is 0 Å². The molecular weight excluding hydrogens is 240 g/mol. The fourth-order valence-corrected chi connectivity index (χ4v) is 2.43. The average Bonchev–Trinajstić information content (AvgIpc) is 2.60. The first-order valence-corrected chi connectivity index (χ1v) is 6.80. The maximum absolute atomic E-state index is 11.4. The van der Waals surface area contributed by atoms with Crippen LogP contribution in [0.15, 0.2) is 24.3 Å². The number of nitrogens with zero attached hydrogens (tertiary/aromatic N) is 1. The second-order valence-corrected chi connectivity index (χ2v) is 5.18. The number of hydrogen-bond donors (Lipinski definition) is 1. The van der Waals surface area contributed by atoms with Crippen LogP contribution in [0.4, 0.5) is 5.69 Å². The molecule has 1 saturated heterocycles. The maximum atomic E-state index is 11.4. The Morgan fingerprint density at radius 2 is 2.00 bits per heavy atom. The number of benzene rings is 1. The highest BCUT2D eigenvalue weighted by atomic mass is 16.5. The van der Waals surface area contributed by atoms with E-state index in [0.717, 1.165) is 25.2 Å². The molecule has 4 nitrogen and oxygen atoms in total. The van der Waals surface area contributed by atoms with Crippen molar-refractivity contribution in [2.24, 2.45) is 0 Å². The first kappa shape index (κ1) is 13.9. The Hall–Kier alpha value is -1.55. The highest BCUT2D eigenvalue weighted by Crippen LogP contribution is 2.20. The van der Waals surface area contributed by atoms with Crippen molar-refractivity contribution < 1.29 is 9.53 Å². The molecule has 4 heteroatoms. The highest BCUT2D eigenvalue weighted by molar-refractivity contribution is 5.89. The summed E-state index contributed by atoms with van der Waals surface area (Å²) < 4.78 is 4.71. The van der Waals surface area contributed by atoms with E-state index in [0.29, 0.717) is 17.6 Å². The van der Waals surface area contributed by atoms with Crippen LogP contribution in [0.1, 0.15) is 30.6 Å². The Balaban J connectivity index is 2.14. The predicted octanol–water partition coefficient (Wildman–Crippen LogP) is 2.05. The van der Waals surface area contributed by atoms with Crippen LogP contribution in [0, 0.1) is 0 Å². The van der Waals surface area contributed by atoms with Gasteiger partial charge in [-0.3, -0.25) is 0 Å². The molecule has 0 amide bonds. The summed E-state index contributed by atoms with van der Waals surface area (Å²) in [5.74, 6) is -0.286. The minimum Gasteiger partial charge on any atom is -0.465 e. The summed E-state index contributed by atoms with van der Waals surface area (Å²) in [6.07, 6.45) is 1.13. The second kappa shape index (κ2) is 6.06. The summed E-state index contributed by atoms with van der Waals surface area (Å²) in [6, 6.07) is 8.67. The number of esters is 1. The van der Waals surface area contributed by atoms with Crippen molar-refractivity contribution >= 4 is 11.7 Å². The van der Waals surface area contributed by atoms with E-state index in [2.05, 4.69) is 24.1 Å². The number of carbonyl (C=O) groups excluding carboxylic acids is 1. The zero-order chi connectivity index (χ0) is 13.8. The van der Waals surface area contributed by atoms with E-state index in [1.54, 1.807) is 0 Å². The molecule has 2 rings (SSSR count). The third-order valence-corrected chi connectivity index (χ3v) is 3.72. The summed E-state index contributed by atoms with van der Waals surface area (Å²) in [4.78, 5) is 13.8. The Bertz CT molecular complexity index is 430. The lowest BCUT2D eigenvalue weighted by Crippen LogP contribution is -2.37. The number of carbonyl (C=O) groups is 1. The van der Waals surface area contributed by atoms with Crippen molar-refractivity contribution in [2.45, 2.75) is 32.4 Å². The van der Waals surface area contributed by atoms with Gasteiger partial charge >= 0.3 is 5.97 Å². The summed E-state index contributed by atoms with van der Waals surface area (Å²) in [5.41, 5.74) is 1.76. The van der Waals surface area contributed by atoms with Crippen molar-refractivity contribution in [3.8, 4) is 0 Å². The van der Waals surface area contributed by atoms with Crippen LogP contribution >= 0.6 is 0 Å². The minimum absolute atomic E-state index is 0.286. The zero-order valence-corrected chi connectivity index (χ0v) is 11.8. The molecule has 2 unspecified atom stereocenters. The number of hydrogen-bond acceptors (Lipinski definition) is 4. The van der Waals surface area contributed by atoms with Crippen molar-refractivity contribution in [2.75, 3.05) is 25.1 Å². The topological polar surface area (TPSA) is 41.6 Å². The van der Waals surface area contributed by atoms with E-state index < -0.39 is 0 Å². The third-order valence-electron chi connectivity index (χ3n) is 3.72. The third kappa shape index (κ3) is 3.26. The van der Waals surface area contributed by atoms with Gasteiger partial charge in [-0.2, -0.15) is 0 Å². The molecule has 1 aromatic rings. The van der Waals surface area contributed by atoms with Crippen molar-refractivity contribution in [1.82, 2.24) is 5.32 Å². The molecule has 2 atom stereocenters. The largest absolute Gasteiger partial charge is 0.465 e. The molecule has 1 fully saturated rings. The minimum atomic E-state index is -0.286. The van der Waals surface area contributed by atoms with Gasteiger partial charge in [-0.05, 0) is 44.5 Å². The van der Waals surface area contributed by atoms with Gasteiger partial charge in [0.15, 0.2) is 0 Å². The van der Waals surface area contributed by atoms with Gasteiger partial charge in [0.05, 0.1) is 12.7 Å². The van der Waals surface area contributed by atoms with Gasteiger partial charge in [0.25, 0.3) is 0 Å². The number of rotatable bonds is 2. The molecule has 1 aromatic carbocycles. The van der Waals surface area contributed by atoms with Crippen LogP contribution in [0.25, 0.3) is 0 Å². The summed E-state index contributed by atoms with van der Waals surface area (Å²) in [7, 11) is 1.40. The predicted molar refractivity (Wildman–Crippen MR) is 76.7 cm³/mol. The normalized spacial score (nSPS) is 23.8. The molecule has 19 heavy (non-hydrogen) atoms. The lowest BCUT2D eigenvalue weighted by molar-refractivity contribution is 0.0601. The van der Waals surface area contributed by atoms with Gasteiger partial charge < -0.3 is 15.0 Å². The van der Waals surface area contributed by atoms with Gasteiger partial charge in [0.1, 0.15) is 0 Å². The molecule has 1 N–H and O–H groups in total. The first-order valence-electron chi connectivity index (χ1n) is 6.80. The van der Waals surface area contributed by atoms with Crippen molar-refractivity contribution in [1.29, 1.82) is 0 Å². The molecule has 0 radical (unpaired) electrons. The molecule has 0 aromatic heterocycles. The van der Waals surface area contributed by atoms with E-state index >= 15 is 0 Å². The summed E-state index contributed by atoms with van der Waals surface area (Å²) in [6.45, 7) is 6.46. The Morgan fingerprint density at radius 3 is 2.63 bits per heavy atom. The number of methoxy groups -OCH3 is 1. The highest BCUT2D eigenvalue weighted by Gasteiger charge is 2.20. The van der Waals surface area contributed by atoms with E-state index in [1.807, 2.05) is 24.3 Å². The molecule has 0 saturated carbocycles. The van der Waals surface area contributed by atoms with Gasteiger partial charge in [0, 0.05) is 30.9 Å². The SMILES string of the molecule is COC(=O)c1ccc(N2CCC(C)NCC2C)cc1. The van der Waals surface area contributed by atoms with Gasteiger partial charge in [-0.25, -0.2) is 4.79 Å². The molecule has 1 aliphatic heterocycles. The van der Waals surface area contributed by atoms with Gasteiger partial charge in [0.2, 0.25) is 0 Å². The Kier molecular flexibility index (Phi) is 4.43. The van der Waals surface area contributed by atoms with Crippen LogP contribution < -0.4 is 10.2 Å². The summed E-state index contributed by atoms with van der Waals surface area (Å²) >= 11 is 0. The van der Waals surface area contributed by atoms with E-state index in [9.17, 15) is 4.79 Å². The molecule has 1 aliphatic rings. The van der Waals surface area contributed by atoms with Crippen LogP contribution in [0.5, 0.6) is 0 Å². The van der Waals surface area contributed by atoms with Crippen LogP contribution in [-0.4, -0.2) is 38.3 Å². The lowest BCUT2D eigenvalue weighted by Gasteiger charge is -2.29. The van der Waals surface area contributed by atoms with Crippen molar-refractivity contribution in [3.63, 3.8) is 0 Å². The average molecular weight is 262 g/mol. The second-order valence-electron chi connectivity index (χ2n) is 5.18. The number of ether oxygens (including phenoxy) is 1. The van der Waals surface area contributed by atoms with E-state index in [1.165, 1.54) is 7.11 Å². The molecule has 104 valence electrons. The first-order chi connectivity index (χ1) is 9.11. The molecule has 1 heterocycles. The Morgan fingerprint density at radius 1 is 1.32 bits per heavy atom. The molecular formula is C15H22N2O2. The van der Waals surface area contributed by atoms with Crippen LogP contribution in [0.3, 0.4) is 0 Å². The Labute approximate surface area is 114 Å². The lowest BCUT2D eigenvalue weighted by atomic mass is 10.1. The van der Waals surface area contributed by atoms with E-state index in [-0.39, 0.29) is 5.97 Å². The summed E-state index contributed by atoms with van der Waals surface area (Å²) in [5, 5.41) is 3.52. The molecule has 0 spiro atoms. The van der Waals surface area contributed by atoms with E-state index in [4.69, 9.17) is 4.74 Å². The maximum Gasteiger partial charge on any atom is 0.337 e. The quantitative estimate of drug-likeness (QED) is 0.828. The van der Waals surface area contributed by atoms with Gasteiger partial charge in [-0.15, -0.1) is 0 Å². The number of anilines is 1. The van der Waals surface area contributed by atoms with Crippen molar-refractivity contribution in [3.05, 3.63) is 29.8 Å². The molecule has 0 aliphatic carbocycles. The monoisotopic (exact) mass is 262 g/mol. The zero-order valence-electron chi connectivity index (χ0n) is 11.8. The fraction of sp³-hybridized carbons (Fsp3) is 0.533. The van der Waals surface area contributed by atoms with Crippen LogP contribution in [-0.2, 0) is 4.74 Å². The standard InChI is InChI=1S/C15H22N2O2/c1-11-8-9-17(12(2)10-16-11)14-6-4-13(5-7-14)15(18)19-3/h4-7,11-12,16H,8-10H2,1-3H3. The fourth-order valence-electron chi connectivity index (χ4n) is 2.43. The number of nitrogens with one attached hydrogen (secondary N) is 1.